The second-order valence-corrected chi connectivity index (χ2v) is 6.63. The van der Waals surface area contributed by atoms with Gasteiger partial charge in [0.25, 0.3) is 5.56 Å². The summed E-state index contributed by atoms with van der Waals surface area (Å²) in [6.07, 6.45) is 4.06. The third-order valence-electron chi connectivity index (χ3n) is 4.58. The predicted octanol–water partition coefficient (Wildman–Crippen LogP) is 1.17. The summed E-state index contributed by atoms with van der Waals surface area (Å²) in [6, 6.07) is 3.92. The van der Waals surface area contributed by atoms with E-state index in [4.69, 9.17) is 16.3 Å². The molecule has 0 spiro atoms. The molecule has 0 saturated heterocycles. The van der Waals surface area contributed by atoms with Crippen molar-refractivity contribution in [1.82, 2.24) is 30.2 Å². The topological polar surface area (TPSA) is 102 Å². The number of nitrogens with zero attached hydrogens (tertiary/aromatic N) is 6. The van der Waals surface area contributed by atoms with Crippen molar-refractivity contribution >= 4 is 17.3 Å². The van der Waals surface area contributed by atoms with E-state index in [0.29, 0.717) is 31.9 Å². The lowest BCUT2D eigenvalue weighted by molar-refractivity contribution is 0.180. The Bertz CT molecular complexity index is 1020. The number of ether oxygens (including phenoxy) is 1. The molecule has 3 aromatic rings. The summed E-state index contributed by atoms with van der Waals surface area (Å²) in [4.78, 5) is 18.1. The van der Waals surface area contributed by atoms with Gasteiger partial charge >= 0.3 is 0 Å². The standard InChI is InChI=1S/C17H18ClN7O2/c1-27-10-13-11(3-2-5-19-13)8-25-14-4-6-24(9-12(14)21-23-25)15-7-20-22-17(26)16(15)18/h2-3,5,7H,4,6,8-10H2,1H3,(H,22,26). The molecular weight excluding hydrogens is 370 g/mol. The zero-order valence-electron chi connectivity index (χ0n) is 14.7. The fraction of sp³-hybridized carbons (Fsp3) is 0.353. The van der Waals surface area contributed by atoms with Gasteiger partial charge in [-0.3, -0.25) is 9.78 Å². The number of hydrogen-bond donors (Lipinski definition) is 1. The van der Waals surface area contributed by atoms with Crippen molar-refractivity contribution in [3.05, 3.63) is 62.5 Å². The highest BCUT2D eigenvalue weighted by atomic mass is 35.5. The largest absolute Gasteiger partial charge is 0.378 e. The van der Waals surface area contributed by atoms with E-state index in [-0.39, 0.29) is 5.02 Å². The Hall–Kier alpha value is -2.78. The number of H-pyrrole nitrogens is 1. The molecule has 0 unspecified atom stereocenters. The maximum atomic E-state index is 11.7. The van der Waals surface area contributed by atoms with Crippen LogP contribution in [0.2, 0.25) is 5.02 Å². The number of hydrogen-bond acceptors (Lipinski definition) is 7. The van der Waals surface area contributed by atoms with E-state index in [1.165, 1.54) is 0 Å². The van der Waals surface area contributed by atoms with Gasteiger partial charge in [-0.25, -0.2) is 9.78 Å². The zero-order chi connectivity index (χ0) is 18.8. The molecule has 0 aromatic carbocycles. The maximum Gasteiger partial charge on any atom is 0.285 e. The maximum absolute atomic E-state index is 11.7. The van der Waals surface area contributed by atoms with Crippen molar-refractivity contribution in [3.63, 3.8) is 0 Å². The lowest BCUT2D eigenvalue weighted by Gasteiger charge is -2.28. The summed E-state index contributed by atoms with van der Waals surface area (Å²) in [6.45, 7) is 2.26. The van der Waals surface area contributed by atoms with E-state index >= 15 is 0 Å². The summed E-state index contributed by atoms with van der Waals surface area (Å²) in [5.41, 5.74) is 4.10. The molecule has 0 amide bonds. The predicted molar refractivity (Wildman–Crippen MR) is 98.7 cm³/mol. The van der Waals surface area contributed by atoms with Gasteiger partial charge < -0.3 is 9.64 Å². The third-order valence-corrected chi connectivity index (χ3v) is 4.95. The van der Waals surface area contributed by atoms with E-state index in [1.54, 1.807) is 19.5 Å². The first-order chi connectivity index (χ1) is 13.2. The Kier molecular flexibility index (Phi) is 4.87. The number of rotatable bonds is 5. The van der Waals surface area contributed by atoms with Crippen LogP contribution in [0, 0.1) is 0 Å². The molecule has 140 valence electrons. The minimum Gasteiger partial charge on any atom is -0.378 e. The molecule has 4 heterocycles. The fourth-order valence-electron chi connectivity index (χ4n) is 3.24. The SMILES string of the molecule is COCc1ncccc1Cn1nnc2c1CCN(c1cn[nH]c(=O)c1Cl)C2. The smallest absolute Gasteiger partial charge is 0.285 e. The van der Waals surface area contributed by atoms with Crippen molar-refractivity contribution in [3.8, 4) is 0 Å². The molecule has 1 aliphatic rings. The monoisotopic (exact) mass is 387 g/mol. The first-order valence-corrected chi connectivity index (χ1v) is 8.86. The number of aromatic amines is 1. The van der Waals surface area contributed by atoms with Crippen molar-refractivity contribution < 1.29 is 4.74 Å². The van der Waals surface area contributed by atoms with Crippen LogP contribution in [-0.4, -0.2) is 43.8 Å². The molecule has 3 aromatic heterocycles. The first-order valence-electron chi connectivity index (χ1n) is 8.48. The van der Waals surface area contributed by atoms with Crippen LogP contribution in [0.15, 0.2) is 29.3 Å². The number of halogens is 1. The summed E-state index contributed by atoms with van der Waals surface area (Å²) >= 11 is 6.13. The lowest BCUT2D eigenvalue weighted by atomic mass is 10.1. The van der Waals surface area contributed by atoms with Gasteiger partial charge in [0.05, 0.1) is 43.0 Å². The molecule has 0 atom stereocenters. The number of methoxy groups -OCH3 is 1. The summed E-state index contributed by atoms with van der Waals surface area (Å²) in [5.74, 6) is 0. The van der Waals surface area contributed by atoms with Gasteiger partial charge in [0.15, 0.2) is 0 Å². The van der Waals surface area contributed by atoms with Crippen molar-refractivity contribution in [2.75, 3.05) is 18.6 Å². The molecule has 0 radical (unpaired) electrons. The molecular formula is C17H18ClN7O2. The highest BCUT2D eigenvalue weighted by molar-refractivity contribution is 6.32. The number of anilines is 1. The van der Waals surface area contributed by atoms with E-state index < -0.39 is 5.56 Å². The number of aromatic nitrogens is 6. The number of pyridine rings is 1. The molecule has 1 N–H and O–H groups in total. The first kappa shape index (κ1) is 17.6. The molecule has 10 heteroatoms. The normalized spacial score (nSPS) is 13.6. The van der Waals surface area contributed by atoms with Gasteiger partial charge in [-0.05, 0) is 11.6 Å². The summed E-state index contributed by atoms with van der Waals surface area (Å²) in [7, 11) is 1.65. The van der Waals surface area contributed by atoms with Gasteiger partial charge in [0, 0.05) is 26.3 Å². The van der Waals surface area contributed by atoms with Gasteiger partial charge in [0.1, 0.15) is 10.7 Å². The molecule has 0 bridgehead atoms. The van der Waals surface area contributed by atoms with Gasteiger partial charge in [-0.15, -0.1) is 5.10 Å². The van der Waals surface area contributed by atoms with Crippen molar-refractivity contribution in [1.29, 1.82) is 0 Å². The molecule has 0 saturated carbocycles. The van der Waals surface area contributed by atoms with Gasteiger partial charge in [0.2, 0.25) is 0 Å². The van der Waals surface area contributed by atoms with E-state index in [1.807, 2.05) is 21.7 Å². The molecule has 9 nitrogen and oxygen atoms in total. The van der Waals surface area contributed by atoms with Crippen molar-refractivity contribution in [2.24, 2.45) is 0 Å². The van der Waals surface area contributed by atoms with E-state index in [0.717, 1.165) is 29.1 Å². The van der Waals surface area contributed by atoms with Crippen LogP contribution in [0.4, 0.5) is 5.69 Å². The lowest BCUT2D eigenvalue weighted by Crippen LogP contribution is -2.32. The van der Waals surface area contributed by atoms with E-state index in [2.05, 4.69) is 25.5 Å². The highest BCUT2D eigenvalue weighted by Gasteiger charge is 2.25. The second kappa shape index (κ2) is 7.45. The Morgan fingerprint density at radius 2 is 2.30 bits per heavy atom. The molecule has 27 heavy (non-hydrogen) atoms. The molecule has 0 aliphatic carbocycles. The summed E-state index contributed by atoms with van der Waals surface area (Å²) in [5, 5.41) is 15.0. The second-order valence-electron chi connectivity index (χ2n) is 6.25. The third kappa shape index (κ3) is 3.43. The Morgan fingerprint density at radius 1 is 1.41 bits per heavy atom. The average Bonchev–Trinajstić information content (AvgIpc) is 3.08. The zero-order valence-corrected chi connectivity index (χ0v) is 15.5. The van der Waals surface area contributed by atoms with Crippen LogP contribution in [0.5, 0.6) is 0 Å². The quantitative estimate of drug-likeness (QED) is 0.701. The Labute approximate surface area is 159 Å². The van der Waals surface area contributed by atoms with E-state index in [9.17, 15) is 4.79 Å². The molecule has 1 aliphatic heterocycles. The van der Waals surface area contributed by atoms with Crippen LogP contribution < -0.4 is 10.5 Å². The van der Waals surface area contributed by atoms with Crippen LogP contribution in [0.1, 0.15) is 22.6 Å². The van der Waals surface area contributed by atoms with Crippen LogP contribution in [-0.2, 0) is 30.9 Å². The van der Waals surface area contributed by atoms with Crippen LogP contribution >= 0.6 is 11.6 Å². The number of fused-ring (bicyclic) bond motifs is 1. The van der Waals surface area contributed by atoms with Gasteiger partial charge in [-0.2, -0.15) is 5.10 Å². The summed E-state index contributed by atoms with van der Waals surface area (Å²) < 4.78 is 7.13. The molecule has 0 fully saturated rings. The van der Waals surface area contributed by atoms with Gasteiger partial charge in [-0.1, -0.05) is 22.9 Å². The van der Waals surface area contributed by atoms with Crippen LogP contribution in [0.3, 0.4) is 0 Å². The average molecular weight is 388 g/mol. The van der Waals surface area contributed by atoms with Crippen molar-refractivity contribution in [2.45, 2.75) is 26.1 Å². The Morgan fingerprint density at radius 3 is 3.15 bits per heavy atom. The Balaban J connectivity index is 1.57. The van der Waals surface area contributed by atoms with Crippen LogP contribution in [0.25, 0.3) is 0 Å². The number of nitrogens with one attached hydrogen (secondary N) is 1. The molecule has 4 rings (SSSR count). The fourth-order valence-corrected chi connectivity index (χ4v) is 3.45. The highest BCUT2D eigenvalue weighted by Crippen LogP contribution is 2.26. The minimum atomic E-state index is -0.397. The minimum absolute atomic E-state index is 0.139.